The van der Waals surface area contributed by atoms with Crippen molar-refractivity contribution in [3.63, 3.8) is 0 Å². The molecule has 4 aromatic rings. The summed E-state index contributed by atoms with van der Waals surface area (Å²) >= 11 is 0. The van der Waals surface area contributed by atoms with E-state index in [1.54, 1.807) is 0 Å². The Bertz CT molecular complexity index is 1050. The molecule has 28 heavy (non-hydrogen) atoms. The molecule has 0 unspecified atom stereocenters. The SMILES string of the molecule is Cc1cccc(Cn2cc(CNC[C@@H](O)c3ccccc3)c3ccccc32)c1. The fraction of sp³-hybridized carbons (Fsp3) is 0.200. The van der Waals surface area contributed by atoms with Gasteiger partial charge in [-0.05, 0) is 29.7 Å². The molecule has 1 atom stereocenters. The predicted octanol–water partition coefficient (Wildman–Crippen LogP) is 4.82. The maximum atomic E-state index is 10.4. The zero-order valence-corrected chi connectivity index (χ0v) is 16.2. The normalized spacial score (nSPS) is 12.4. The fourth-order valence-corrected chi connectivity index (χ4v) is 3.74. The first-order valence-electron chi connectivity index (χ1n) is 9.77. The molecule has 142 valence electrons. The number of aromatic nitrogens is 1. The quantitative estimate of drug-likeness (QED) is 0.489. The Hall–Kier alpha value is -2.88. The molecule has 4 rings (SSSR count). The monoisotopic (exact) mass is 370 g/mol. The van der Waals surface area contributed by atoms with Crippen LogP contribution in [-0.4, -0.2) is 16.2 Å². The highest BCUT2D eigenvalue weighted by Gasteiger charge is 2.10. The number of hydrogen-bond donors (Lipinski definition) is 2. The van der Waals surface area contributed by atoms with Gasteiger partial charge in [-0.15, -0.1) is 0 Å². The Kier molecular flexibility index (Phi) is 5.56. The van der Waals surface area contributed by atoms with Gasteiger partial charge in [0.2, 0.25) is 0 Å². The molecule has 1 aromatic heterocycles. The second-order valence-corrected chi connectivity index (χ2v) is 7.35. The summed E-state index contributed by atoms with van der Waals surface area (Å²) in [6, 6.07) is 27.0. The largest absolute Gasteiger partial charge is 0.387 e. The molecule has 0 saturated heterocycles. The minimum atomic E-state index is -0.498. The van der Waals surface area contributed by atoms with Crippen molar-refractivity contribution in [3.8, 4) is 0 Å². The van der Waals surface area contributed by atoms with Gasteiger partial charge in [0.15, 0.2) is 0 Å². The molecule has 0 bridgehead atoms. The van der Waals surface area contributed by atoms with Gasteiger partial charge >= 0.3 is 0 Å². The zero-order chi connectivity index (χ0) is 19.3. The van der Waals surface area contributed by atoms with Crippen molar-refractivity contribution in [2.24, 2.45) is 0 Å². The number of aliphatic hydroxyl groups is 1. The van der Waals surface area contributed by atoms with Gasteiger partial charge in [0.25, 0.3) is 0 Å². The van der Waals surface area contributed by atoms with Crippen molar-refractivity contribution < 1.29 is 5.11 Å². The molecule has 0 spiro atoms. The van der Waals surface area contributed by atoms with E-state index in [2.05, 4.69) is 71.5 Å². The molecule has 1 heterocycles. The van der Waals surface area contributed by atoms with Crippen LogP contribution >= 0.6 is 0 Å². The van der Waals surface area contributed by atoms with Crippen LogP contribution in [0.5, 0.6) is 0 Å². The van der Waals surface area contributed by atoms with Crippen LogP contribution in [0.1, 0.15) is 28.4 Å². The lowest BCUT2D eigenvalue weighted by Crippen LogP contribution is -2.20. The van der Waals surface area contributed by atoms with Gasteiger partial charge < -0.3 is 15.0 Å². The van der Waals surface area contributed by atoms with Gasteiger partial charge in [-0.3, -0.25) is 0 Å². The van der Waals surface area contributed by atoms with E-state index in [0.29, 0.717) is 6.54 Å². The van der Waals surface area contributed by atoms with E-state index in [-0.39, 0.29) is 0 Å². The molecule has 0 aliphatic carbocycles. The lowest BCUT2D eigenvalue weighted by Gasteiger charge is -2.11. The third kappa shape index (κ3) is 4.16. The minimum absolute atomic E-state index is 0.498. The van der Waals surface area contributed by atoms with Gasteiger partial charge in [0, 0.05) is 36.7 Å². The standard InChI is InChI=1S/C25H26N2O/c1-19-8-7-9-20(14-19)17-27-18-22(23-12-5-6-13-24(23)27)15-26-16-25(28)21-10-3-2-4-11-21/h2-14,18,25-26,28H,15-17H2,1H3/t25-/m1/s1. The van der Waals surface area contributed by atoms with Crippen LogP contribution in [-0.2, 0) is 13.1 Å². The maximum Gasteiger partial charge on any atom is 0.0914 e. The van der Waals surface area contributed by atoms with Crippen LogP contribution in [0.3, 0.4) is 0 Å². The van der Waals surface area contributed by atoms with Crippen LogP contribution < -0.4 is 5.32 Å². The summed E-state index contributed by atoms with van der Waals surface area (Å²) in [5.41, 5.74) is 6.02. The zero-order valence-electron chi connectivity index (χ0n) is 16.2. The van der Waals surface area contributed by atoms with Gasteiger partial charge in [-0.1, -0.05) is 78.4 Å². The van der Waals surface area contributed by atoms with Crippen LogP contribution in [0.2, 0.25) is 0 Å². The first-order chi connectivity index (χ1) is 13.7. The third-order valence-electron chi connectivity index (χ3n) is 5.14. The Morgan fingerprint density at radius 2 is 1.71 bits per heavy atom. The molecule has 2 N–H and O–H groups in total. The third-order valence-corrected chi connectivity index (χ3v) is 5.14. The number of fused-ring (bicyclic) bond motifs is 1. The first-order valence-corrected chi connectivity index (χ1v) is 9.77. The van der Waals surface area contributed by atoms with Crippen molar-refractivity contribution in [1.82, 2.24) is 9.88 Å². The molecular weight excluding hydrogens is 344 g/mol. The number of aryl methyl sites for hydroxylation is 1. The average molecular weight is 370 g/mol. The van der Waals surface area contributed by atoms with E-state index >= 15 is 0 Å². The summed E-state index contributed by atoms with van der Waals surface area (Å²) in [4.78, 5) is 0. The van der Waals surface area contributed by atoms with E-state index in [1.165, 1.54) is 27.6 Å². The van der Waals surface area contributed by atoms with Crippen LogP contribution in [0.4, 0.5) is 0 Å². The molecule has 0 fully saturated rings. The van der Waals surface area contributed by atoms with Crippen LogP contribution in [0.25, 0.3) is 10.9 Å². The van der Waals surface area contributed by atoms with Crippen molar-refractivity contribution >= 4 is 10.9 Å². The summed E-state index contributed by atoms with van der Waals surface area (Å²) in [6.45, 7) is 4.24. The van der Waals surface area contributed by atoms with E-state index in [1.807, 2.05) is 30.3 Å². The number of hydrogen-bond acceptors (Lipinski definition) is 2. The smallest absolute Gasteiger partial charge is 0.0914 e. The van der Waals surface area contributed by atoms with Gasteiger partial charge in [0.05, 0.1) is 6.10 Å². The second kappa shape index (κ2) is 8.42. The lowest BCUT2D eigenvalue weighted by molar-refractivity contribution is 0.174. The molecule has 3 heteroatoms. The second-order valence-electron chi connectivity index (χ2n) is 7.35. The molecule has 0 saturated carbocycles. The average Bonchev–Trinajstić information content (AvgIpc) is 3.06. The Balaban J connectivity index is 1.50. The highest BCUT2D eigenvalue weighted by Crippen LogP contribution is 2.23. The molecule has 0 radical (unpaired) electrons. The molecule has 3 aromatic carbocycles. The summed E-state index contributed by atoms with van der Waals surface area (Å²) in [5.74, 6) is 0. The number of aliphatic hydroxyl groups excluding tert-OH is 1. The highest BCUT2D eigenvalue weighted by atomic mass is 16.3. The number of nitrogens with zero attached hydrogens (tertiary/aromatic N) is 1. The molecule has 0 aliphatic rings. The van der Waals surface area contributed by atoms with E-state index in [0.717, 1.165) is 18.7 Å². The van der Waals surface area contributed by atoms with Crippen molar-refractivity contribution in [2.45, 2.75) is 26.1 Å². The topological polar surface area (TPSA) is 37.2 Å². The number of nitrogens with one attached hydrogen (secondary N) is 1. The number of para-hydroxylation sites is 1. The van der Waals surface area contributed by atoms with Crippen LogP contribution in [0.15, 0.2) is 85.1 Å². The van der Waals surface area contributed by atoms with Gasteiger partial charge in [0.1, 0.15) is 0 Å². The Morgan fingerprint density at radius 3 is 2.54 bits per heavy atom. The maximum absolute atomic E-state index is 10.4. The predicted molar refractivity (Wildman–Crippen MR) is 115 cm³/mol. The summed E-state index contributed by atoms with van der Waals surface area (Å²) in [7, 11) is 0. The van der Waals surface area contributed by atoms with Crippen molar-refractivity contribution in [1.29, 1.82) is 0 Å². The van der Waals surface area contributed by atoms with E-state index < -0.39 is 6.10 Å². The van der Waals surface area contributed by atoms with E-state index in [9.17, 15) is 5.11 Å². The number of benzene rings is 3. The van der Waals surface area contributed by atoms with Crippen LogP contribution in [0, 0.1) is 6.92 Å². The number of rotatable bonds is 7. The summed E-state index contributed by atoms with van der Waals surface area (Å²) < 4.78 is 2.31. The van der Waals surface area contributed by atoms with E-state index in [4.69, 9.17) is 0 Å². The van der Waals surface area contributed by atoms with Gasteiger partial charge in [-0.25, -0.2) is 0 Å². The molecule has 0 amide bonds. The summed E-state index contributed by atoms with van der Waals surface area (Å²) in [5, 5.41) is 15.0. The summed E-state index contributed by atoms with van der Waals surface area (Å²) in [6.07, 6.45) is 1.73. The molecule has 3 nitrogen and oxygen atoms in total. The minimum Gasteiger partial charge on any atom is -0.387 e. The van der Waals surface area contributed by atoms with Crippen molar-refractivity contribution in [3.05, 3.63) is 107 Å². The Labute approximate surface area is 166 Å². The molecule has 0 aliphatic heterocycles. The van der Waals surface area contributed by atoms with Crippen molar-refractivity contribution in [2.75, 3.05) is 6.54 Å². The Morgan fingerprint density at radius 1 is 0.929 bits per heavy atom. The lowest BCUT2D eigenvalue weighted by atomic mass is 10.1. The molecular formula is C25H26N2O. The highest BCUT2D eigenvalue weighted by molar-refractivity contribution is 5.84. The van der Waals surface area contributed by atoms with Gasteiger partial charge in [-0.2, -0.15) is 0 Å². The fourth-order valence-electron chi connectivity index (χ4n) is 3.74. The first kappa shape index (κ1) is 18.5.